The van der Waals surface area contributed by atoms with Gasteiger partial charge in [-0.15, -0.1) is 6.58 Å². The van der Waals surface area contributed by atoms with Crippen molar-refractivity contribution >= 4 is 11.4 Å². The van der Waals surface area contributed by atoms with Crippen LogP contribution < -0.4 is 9.64 Å². The molecule has 0 aromatic heterocycles. The topological polar surface area (TPSA) is 79.1 Å². The second-order valence-electron chi connectivity index (χ2n) is 7.05. The molecule has 1 heterocycles. The number of phenolic OH excluding ortho intramolecular Hbond substituents is 1. The van der Waals surface area contributed by atoms with Crippen molar-refractivity contribution in [3.05, 3.63) is 70.3 Å². The molecular formula is C22H27N3O4. The molecule has 7 nitrogen and oxygen atoms in total. The minimum absolute atomic E-state index is 0.104. The summed E-state index contributed by atoms with van der Waals surface area (Å²) in [6.07, 6.45) is 2.37. The Morgan fingerprint density at radius 1 is 1.17 bits per heavy atom. The summed E-state index contributed by atoms with van der Waals surface area (Å²) in [5.74, 6) is 1.08. The van der Waals surface area contributed by atoms with Gasteiger partial charge in [-0.3, -0.25) is 15.0 Å². The molecule has 0 atom stereocenters. The highest BCUT2D eigenvalue weighted by Crippen LogP contribution is 2.31. The first-order valence-corrected chi connectivity index (χ1v) is 9.82. The van der Waals surface area contributed by atoms with Crippen LogP contribution in [0.4, 0.5) is 11.4 Å². The largest absolute Gasteiger partial charge is 0.507 e. The SMILES string of the molecule is C=CCc1cc(OCC)cc(CN2CCN(c3ccc([N+](=O)[O-])cc3)CC2)c1O. The van der Waals surface area contributed by atoms with E-state index in [1.165, 1.54) is 0 Å². The van der Waals surface area contributed by atoms with E-state index >= 15 is 0 Å². The van der Waals surface area contributed by atoms with Crippen molar-refractivity contribution in [2.75, 3.05) is 37.7 Å². The fraction of sp³-hybridized carbons (Fsp3) is 0.364. The monoisotopic (exact) mass is 397 g/mol. The Kier molecular flexibility index (Phi) is 6.72. The number of ether oxygens (including phenoxy) is 1. The van der Waals surface area contributed by atoms with Crippen molar-refractivity contribution in [3.8, 4) is 11.5 Å². The molecule has 1 saturated heterocycles. The average molecular weight is 397 g/mol. The summed E-state index contributed by atoms with van der Waals surface area (Å²) in [6, 6.07) is 10.5. The molecule has 0 radical (unpaired) electrons. The lowest BCUT2D eigenvalue weighted by Crippen LogP contribution is -2.46. The van der Waals surface area contributed by atoms with Gasteiger partial charge in [-0.1, -0.05) is 6.08 Å². The van der Waals surface area contributed by atoms with Gasteiger partial charge in [0.2, 0.25) is 0 Å². The Labute approximate surface area is 171 Å². The summed E-state index contributed by atoms with van der Waals surface area (Å²) in [4.78, 5) is 14.9. The molecule has 2 aromatic rings. The zero-order valence-electron chi connectivity index (χ0n) is 16.7. The van der Waals surface area contributed by atoms with Crippen LogP contribution in [0.25, 0.3) is 0 Å². The number of allylic oxidation sites excluding steroid dienone is 1. The smallest absolute Gasteiger partial charge is 0.269 e. The van der Waals surface area contributed by atoms with E-state index in [0.717, 1.165) is 48.7 Å². The lowest BCUT2D eigenvalue weighted by Gasteiger charge is -2.36. The van der Waals surface area contributed by atoms with Crippen LogP contribution in [0.5, 0.6) is 11.5 Å². The molecule has 1 aliphatic rings. The number of aromatic hydroxyl groups is 1. The predicted octanol–water partition coefficient (Wildman–Crippen LogP) is 3.75. The van der Waals surface area contributed by atoms with Gasteiger partial charge in [-0.2, -0.15) is 0 Å². The number of benzene rings is 2. The number of hydrogen-bond acceptors (Lipinski definition) is 6. The molecule has 3 rings (SSSR count). The second kappa shape index (κ2) is 9.43. The number of anilines is 1. The van der Waals surface area contributed by atoms with E-state index in [4.69, 9.17) is 4.74 Å². The number of piperazine rings is 1. The zero-order chi connectivity index (χ0) is 20.8. The normalized spacial score (nSPS) is 14.6. The summed E-state index contributed by atoms with van der Waals surface area (Å²) in [7, 11) is 0. The number of nitro benzene ring substituents is 1. The van der Waals surface area contributed by atoms with Crippen molar-refractivity contribution in [3.63, 3.8) is 0 Å². The van der Waals surface area contributed by atoms with Crippen LogP contribution in [0.15, 0.2) is 49.1 Å². The molecule has 0 spiro atoms. The van der Waals surface area contributed by atoms with Gasteiger partial charge in [0, 0.05) is 61.7 Å². The number of nitro groups is 1. The predicted molar refractivity (Wildman–Crippen MR) is 114 cm³/mol. The van der Waals surface area contributed by atoms with Gasteiger partial charge < -0.3 is 14.7 Å². The molecule has 0 bridgehead atoms. The van der Waals surface area contributed by atoms with E-state index in [0.29, 0.717) is 25.3 Å². The molecule has 1 N–H and O–H groups in total. The number of non-ortho nitro benzene ring substituents is 1. The van der Waals surface area contributed by atoms with Crippen LogP contribution in [0.3, 0.4) is 0 Å². The highest BCUT2D eigenvalue weighted by Gasteiger charge is 2.20. The first-order valence-electron chi connectivity index (χ1n) is 9.82. The minimum Gasteiger partial charge on any atom is -0.507 e. The Bertz CT molecular complexity index is 859. The Hall–Kier alpha value is -3.06. The van der Waals surface area contributed by atoms with Crippen molar-refractivity contribution in [1.82, 2.24) is 4.90 Å². The van der Waals surface area contributed by atoms with Crippen molar-refractivity contribution < 1.29 is 14.8 Å². The van der Waals surface area contributed by atoms with Crippen molar-refractivity contribution in [1.29, 1.82) is 0 Å². The maximum Gasteiger partial charge on any atom is 0.269 e. The minimum atomic E-state index is -0.384. The van der Waals surface area contributed by atoms with Crippen molar-refractivity contribution in [2.24, 2.45) is 0 Å². The van der Waals surface area contributed by atoms with Crippen LogP contribution in [0.2, 0.25) is 0 Å². The third-order valence-electron chi connectivity index (χ3n) is 5.11. The molecule has 1 fully saturated rings. The van der Waals surface area contributed by atoms with Gasteiger partial charge in [0.25, 0.3) is 5.69 Å². The standard InChI is InChI=1S/C22H27N3O4/c1-3-5-17-14-21(29-4-2)15-18(22(17)26)16-23-10-12-24(13-11-23)19-6-8-20(9-7-19)25(27)28/h3,6-9,14-15,26H,1,4-5,10-13,16H2,2H3. The molecular weight excluding hydrogens is 370 g/mol. The zero-order valence-corrected chi connectivity index (χ0v) is 16.7. The van der Waals surface area contributed by atoms with Crippen LogP contribution >= 0.6 is 0 Å². The van der Waals surface area contributed by atoms with Gasteiger partial charge in [0.05, 0.1) is 11.5 Å². The average Bonchev–Trinajstić information content (AvgIpc) is 2.72. The van der Waals surface area contributed by atoms with E-state index in [2.05, 4.69) is 16.4 Å². The molecule has 2 aromatic carbocycles. The maximum atomic E-state index is 10.8. The molecule has 1 aliphatic heterocycles. The molecule has 0 saturated carbocycles. The first kappa shape index (κ1) is 20.7. The molecule has 154 valence electrons. The van der Waals surface area contributed by atoms with Crippen LogP contribution in [0.1, 0.15) is 18.1 Å². The summed E-state index contributed by atoms with van der Waals surface area (Å²) >= 11 is 0. The summed E-state index contributed by atoms with van der Waals surface area (Å²) in [6.45, 7) is 10.2. The molecule has 29 heavy (non-hydrogen) atoms. The molecule has 0 amide bonds. The lowest BCUT2D eigenvalue weighted by atomic mass is 10.0. The van der Waals surface area contributed by atoms with Gasteiger partial charge in [-0.25, -0.2) is 0 Å². The van der Waals surface area contributed by atoms with Gasteiger partial charge in [-0.05, 0) is 37.6 Å². The maximum absolute atomic E-state index is 10.8. The first-order chi connectivity index (χ1) is 14.0. The van der Waals surface area contributed by atoms with Crippen LogP contribution in [-0.4, -0.2) is 47.7 Å². The highest BCUT2D eigenvalue weighted by molar-refractivity contribution is 5.51. The number of phenols is 1. The second-order valence-corrected chi connectivity index (χ2v) is 7.05. The quantitative estimate of drug-likeness (QED) is 0.415. The van der Waals surface area contributed by atoms with E-state index < -0.39 is 0 Å². The van der Waals surface area contributed by atoms with Crippen LogP contribution in [-0.2, 0) is 13.0 Å². The Morgan fingerprint density at radius 2 is 1.83 bits per heavy atom. The lowest BCUT2D eigenvalue weighted by molar-refractivity contribution is -0.384. The van der Waals surface area contributed by atoms with E-state index in [1.807, 2.05) is 19.1 Å². The van der Waals surface area contributed by atoms with Gasteiger partial charge in [0.1, 0.15) is 11.5 Å². The Morgan fingerprint density at radius 3 is 2.41 bits per heavy atom. The molecule has 0 aliphatic carbocycles. The third kappa shape index (κ3) is 5.06. The summed E-state index contributed by atoms with van der Waals surface area (Å²) < 4.78 is 5.66. The van der Waals surface area contributed by atoms with Gasteiger partial charge >= 0.3 is 0 Å². The van der Waals surface area contributed by atoms with Crippen molar-refractivity contribution in [2.45, 2.75) is 19.9 Å². The number of nitrogens with zero attached hydrogens (tertiary/aromatic N) is 3. The molecule has 7 heteroatoms. The van der Waals surface area contributed by atoms with E-state index in [1.54, 1.807) is 30.3 Å². The van der Waals surface area contributed by atoms with E-state index in [-0.39, 0.29) is 10.6 Å². The van der Waals surface area contributed by atoms with Crippen LogP contribution in [0, 0.1) is 10.1 Å². The highest BCUT2D eigenvalue weighted by atomic mass is 16.6. The fourth-order valence-electron chi connectivity index (χ4n) is 3.60. The number of rotatable bonds is 8. The van der Waals surface area contributed by atoms with Gasteiger partial charge in [0.15, 0.2) is 0 Å². The fourth-order valence-corrected chi connectivity index (χ4v) is 3.60. The number of hydrogen-bond donors (Lipinski definition) is 1. The summed E-state index contributed by atoms with van der Waals surface area (Å²) in [5, 5.41) is 21.5. The molecule has 0 unspecified atom stereocenters. The summed E-state index contributed by atoms with van der Waals surface area (Å²) in [5.41, 5.74) is 2.78. The van der Waals surface area contributed by atoms with E-state index in [9.17, 15) is 15.2 Å². The Balaban J connectivity index is 1.65. The third-order valence-corrected chi connectivity index (χ3v) is 5.11.